The molecule has 126 valence electrons. The van der Waals surface area contributed by atoms with Crippen LogP contribution in [0.4, 0.5) is 11.4 Å². The van der Waals surface area contributed by atoms with Gasteiger partial charge in [-0.3, -0.25) is 4.79 Å². The molecule has 1 fully saturated rings. The highest BCUT2D eigenvalue weighted by molar-refractivity contribution is 7.99. The summed E-state index contributed by atoms with van der Waals surface area (Å²) < 4.78 is 5.39. The second-order valence-electron chi connectivity index (χ2n) is 5.24. The lowest BCUT2D eigenvalue weighted by atomic mass is 10.2. The van der Waals surface area contributed by atoms with Crippen LogP contribution in [0.1, 0.15) is 0 Å². The molecule has 5 nitrogen and oxygen atoms in total. The number of rotatable bonds is 5. The van der Waals surface area contributed by atoms with Crippen LogP contribution in [0, 0.1) is 0 Å². The molecule has 1 aromatic carbocycles. The molecule has 0 aliphatic carbocycles. The van der Waals surface area contributed by atoms with Crippen molar-refractivity contribution in [3.05, 3.63) is 47.6 Å². The maximum Gasteiger partial charge on any atom is 0.234 e. The van der Waals surface area contributed by atoms with E-state index < -0.39 is 0 Å². The van der Waals surface area contributed by atoms with E-state index >= 15 is 0 Å². The molecule has 0 unspecified atom stereocenters. The van der Waals surface area contributed by atoms with Crippen molar-refractivity contribution < 1.29 is 9.53 Å². The zero-order valence-corrected chi connectivity index (χ0v) is 14.6. The molecular weight excluding hydrogens is 346 g/mol. The van der Waals surface area contributed by atoms with Crippen LogP contribution < -0.4 is 10.2 Å². The van der Waals surface area contributed by atoms with Crippen LogP contribution in [0.2, 0.25) is 5.02 Å². The number of morpholine rings is 1. The van der Waals surface area contributed by atoms with Crippen LogP contribution in [0.5, 0.6) is 0 Å². The number of amides is 1. The third-order valence-electron chi connectivity index (χ3n) is 3.58. The average Bonchev–Trinajstić information content (AvgIpc) is 2.62. The lowest BCUT2D eigenvalue weighted by molar-refractivity contribution is -0.113. The molecule has 0 bridgehead atoms. The van der Waals surface area contributed by atoms with Crippen LogP contribution in [0.25, 0.3) is 0 Å². The topological polar surface area (TPSA) is 54.5 Å². The number of benzene rings is 1. The predicted octanol–water partition coefficient (Wildman–Crippen LogP) is 3.30. The summed E-state index contributed by atoms with van der Waals surface area (Å²) in [4.78, 5) is 18.6. The van der Waals surface area contributed by atoms with Crippen LogP contribution in [-0.4, -0.2) is 42.9 Å². The highest BCUT2D eigenvalue weighted by atomic mass is 35.5. The van der Waals surface area contributed by atoms with Crippen molar-refractivity contribution in [1.82, 2.24) is 4.98 Å². The molecule has 0 atom stereocenters. The summed E-state index contributed by atoms with van der Waals surface area (Å²) in [5.41, 5.74) is 1.59. The van der Waals surface area contributed by atoms with Gasteiger partial charge < -0.3 is 15.0 Å². The van der Waals surface area contributed by atoms with Crippen molar-refractivity contribution in [3.63, 3.8) is 0 Å². The molecule has 1 saturated heterocycles. The van der Waals surface area contributed by atoms with E-state index in [0.29, 0.717) is 24.0 Å². The van der Waals surface area contributed by atoms with Gasteiger partial charge in [0.05, 0.1) is 40.4 Å². The number of nitrogens with one attached hydrogen (secondary N) is 1. The highest BCUT2D eigenvalue weighted by Crippen LogP contribution is 2.34. The summed E-state index contributed by atoms with van der Waals surface area (Å²) in [6.07, 6.45) is 1.72. The van der Waals surface area contributed by atoms with Gasteiger partial charge in [0, 0.05) is 19.3 Å². The van der Waals surface area contributed by atoms with Gasteiger partial charge in [0.2, 0.25) is 5.91 Å². The first-order chi connectivity index (χ1) is 11.7. The van der Waals surface area contributed by atoms with Crippen LogP contribution in [0.3, 0.4) is 0 Å². The molecule has 1 N–H and O–H groups in total. The number of halogens is 1. The first-order valence-corrected chi connectivity index (χ1v) is 9.05. The molecule has 1 aromatic heterocycles. The molecule has 1 amide bonds. The SMILES string of the molecule is O=C(CSc1ccccn1)Nc1cccc(Cl)c1N1CCOCC1. The van der Waals surface area contributed by atoms with Gasteiger partial charge in [-0.05, 0) is 24.3 Å². The Bertz CT molecular complexity index is 693. The number of aromatic nitrogens is 1. The zero-order valence-electron chi connectivity index (χ0n) is 13.1. The van der Waals surface area contributed by atoms with Crippen molar-refractivity contribution in [1.29, 1.82) is 0 Å². The largest absolute Gasteiger partial charge is 0.378 e. The molecule has 24 heavy (non-hydrogen) atoms. The maximum absolute atomic E-state index is 12.3. The number of nitrogens with zero attached hydrogens (tertiary/aromatic N) is 2. The Labute approximate surface area is 150 Å². The summed E-state index contributed by atoms with van der Waals surface area (Å²) in [5, 5.41) is 4.42. The monoisotopic (exact) mass is 363 g/mol. The quantitative estimate of drug-likeness (QED) is 0.826. The van der Waals surface area contributed by atoms with Gasteiger partial charge in [0.15, 0.2) is 0 Å². The second-order valence-corrected chi connectivity index (χ2v) is 6.64. The van der Waals surface area contributed by atoms with Gasteiger partial charge in [0.25, 0.3) is 0 Å². The summed E-state index contributed by atoms with van der Waals surface area (Å²) in [6, 6.07) is 11.2. The fraction of sp³-hybridized carbons (Fsp3) is 0.294. The van der Waals surface area contributed by atoms with E-state index in [9.17, 15) is 4.79 Å². The zero-order chi connectivity index (χ0) is 16.8. The Morgan fingerprint density at radius 2 is 2.08 bits per heavy atom. The van der Waals surface area contributed by atoms with Crippen molar-refractivity contribution >= 4 is 40.6 Å². The number of carbonyl (C=O) groups is 1. The number of hydrogen-bond acceptors (Lipinski definition) is 5. The molecule has 0 saturated carbocycles. The Morgan fingerprint density at radius 1 is 1.25 bits per heavy atom. The summed E-state index contributed by atoms with van der Waals surface area (Å²) in [5.74, 6) is 0.217. The van der Waals surface area contributed by atoms with E-state index in [1.807, 2.05) is 36.4 Å². The van der Waals surface area contributed by atoms with E-state index in [2.05, 4.69) is 15.2 Å². The maximum atomic E-state index is 12.3. The van der Waals surface area contributed by atoms with Crippen molar-refractivity contribution in [3.8, 4) is 0 Å². The minimum absolute atomic E-state index is 0.0811. The number of hydrogen-bond donors (Lipinski definition) is 1. The third-order valence-corrected chi connectivity index (χ3v) is 4.83. The Morgan fingerprint density at radius 3 is 2.83 bits per heavy atom. The summed E-state index contributed by atoms with van der Waals surface area (Å²) in [6.45, 7) is 2.84. The smallest absolute Gasteiger partial charge is 0.234 e. The van der Waals surface area contributed by atoms with E-state index in [-0.39, 0.29) is 5.91 Å². The van der Waals surface area contributed by atoms with E-state index in [1.54, 1.807) is 6.20 Å². The lowest BCUT2D eigenvalue weighted by Crippen LogP contribution is -2.37. The Balaban J connectivity index is 1.67. The first-order valence-electron chi connectivity index (χ1n) is 7.69. The molecular formula is C17H18ClN3O2S. The van der Waals surface area contributed by atoms with E-state index in [4.69, 9.17) is 16.3 Å². The lowest BCUT2D eigenvalue weighted by Gasteiger charge is -2.31. The highest BCUT2D eigenvalue weighted by Gasteiger charge is 2.19. The van der Waals surface area contributed by atoms with Gasteiger partial charge >= 0.3 is 0 Å². The van der Waals surface area contributed by atoms with Gasteiger partial charge in [-0.2, -0.15) is 0 Å². The number of anilines is 2. The Kier molecular flexibility index (Phi) is 5.96. The van der Waals surface area contributed by atoms with Crippen molar-refractivity contribution in [2.24, 2.45) is 0 Å². The minimum Gasteiger partial charge on any atom is -0.378 e. The van der Waals surface area contributed by atoms with Crippen LogP contribution >= 0.6 is 23.4 Å². The number of ether oxygens (including phenoxy) is 1. The minimum atomic E-state index is -0.0811. The van der Waals surface area contributed by atoms with Crippen molar-refractivity contribution in [2.45, 2.75) is 5.03 Å². The predicted molar refractivity (Wildman–Crippen MR) is 98.1 cm³/mol. The summed E-state index contributed by atoms with van der Waals surface area (Å²) >= 11 is 7.77. The molecule has 7 heteroatoms. The van der Waals surface area contributed by atoms with Crippen LogP contribution in [-0.2, 0) is 9.53 Å². The molecule has 2 aromatic rings. The fourth-order valence-corrected chi connectivity index (χ4v) is 3.44. The third kappa shape index (κ3) is 4.41. The van der Waals surface area contributed by atoms with Gasteiger partial charge in [-0.25, -0.2) is 4.98 Å². The van der Waals surface area contributed by atoms with Gasteiger partial charge in [0.1, 0.15) is 0 Å². The van der Waals surface area contributed by atoms with Gasteiger partial charge in [-0.1, -0.05) is 35.5 Å². The average molecular weight is 364 g/mol. The number of para-hydroxylation sites is 1. The standard InChI is InChI=1S/C17H18ClN3O2S/c18-13-4-3-5-14(17(13)21-8-10-23-11-9-21)20-15(22)12-24-16-6-1-2-7-19-16/h1-7H,8-12H2,(H,20,22). The molecule has 3 rings (SSSR count). The number of pyridine rings is 1. The molecule has 1 aliphatic rings. The molecule has 2 heterocycles. The fourth-order valence-electron chi connectivity index (χ4n) is 2.48. The van der Waals surface area contributed by atoms with Crippen LogP contribution in [0.15, 0.2) is 47.6 Å². The normalized spacial score (nSPS) is 14.5. The molecule has 0 spiro atoms. The first kappa shape index (κ1) is 17.1. The Hall–Kier alpha value is -1.76. The molecule has 1 aliphatic heterocycles. The summed E-state index contributed by atoms with van der Waals surface area (Å²) in [7, 11) is 0. The van der Waals surface area contributed by atoms with Gasteiger partial charge in [-0.15, -0.1) is 0 Å². The number of thioether (sulfide) groups is 1. The van der Waals surface area contributed by atoms with E-state index in [1.165, 1.54) is 11.8 Å². The van der Waals surface area contributed by atoms with E-state index in [0.717, 1.165) is 29.5 Å². The number of carbonyl (C=O) groups excluding carboxylic acids is 1. The second kappa shape index (κ2) is 8.37. The molecule has 0 radical (unpaired) electrons. The van der Waals surface area contributed by atoms with Crippen molar-refractivity contribution in [2.75, 3.05) is 42.3 Å².